The Balaban J connectivity index is 1.48. The molecule has 0 N–H and O–H groups in total. The van der Waals surface area contributed by atoms with Gasteiger partial charge < -0.3 is 4.74 Å². The number of cyclic esters (lactones) is 1. The minimum absolute atomic E-state index is 0.0240. The van der Waals surface area contributed by atoms with Crippen molar-refractivity contribution in [2.75, 3.05) is 0 Å². The predicted octanol–water partition coefficient (Wildman–Crippen LogP) is 3.74. The Labute approximate surface area is 109 Å². The molecule has 0 bridgehead atoms. The molecule has 0 radical (unpaired) electrons. The highest BCUT2D eigenvalue weighted by molar-refractivity contribution is 5.77. The number of hydrogen-bond acceptors (Lipinski definition) is 2. The number of ether oxygens (including phenoxy) is 1. The van der Waals surface area contributed by atoms with Crippen LogP contribution in [0.25, 0.3) is 0 Å². The average Bonchev–Trinajstić information content (AvgIpc) is 2.42. The Kier molecular flexibility index (Phi) is 4.80. The molecular weight excluding hydrogens is 224 g/mol. The van der Waals surface area contributed by atoms with E-state index in [1.165, 1.54) is 37.7 Å². The monoisotopic (exact) mass is 246 g/mol. The fraction of sp³-hybridized carbons (Fsp3) is 0.562. The minimum Gasteiger partial charge on any atom is -0.461 e. The maximum absolute atomic E-state index is 10.9. The van der Waals surface area contributed by atoms with Crippen molar-refractivity contribution >= 4 is 5.97 Å². The highest BCUT2D eigenvalue weighted by Gasteiger charge is 2.37. The van der Waals surface area contributed by atoms with Gasteiger partial charge in [-0.2, -0.15) is 0 Å². The summed E-state index contributed by atoms with van der Waals surface area (Å²) >= 11 is 0. The molecule has 18 heavy (non-hydrogen) atoms. The number of aryl methyl sites for hydroxylation is 1. The number of carbonyl (C=O) groups excluding carboxylic acids is 1. The van der Waals surface area contributed by atoms with Gasteiger partial charge in [-0.05, 0) is 38.2 Å². The van der Waals surface area contributed by atoms with E-state index in [0.29, 0.717) is 0 Å². The number of unbranched alkanes of at least 4 members (excludes halogenated alkanes) is 3. The highest BCUT2D eigenvalue weighted by Crippen LogP contribution is 2.26. The smallest absolute Gasteiger partial charge is 0.312 e. The average molecular weight is 246 g/mol. The highest BCUT2D eigenvalue weighted by atomic mass is 16.6. The van der Waals surface area contributed by atoms with Gasteiger partial charge in [0.1, 0.15) is 6.10 Å². The topological polar surface area (TPSA) is 26.3 Å². The van der Waals surface area contributed by atoms with E-state index >= 15 is 0 Å². The van der Waals surface area contributed by atoms with Crippen LogP contribution < -0.4 is 0 Å². The fourth-order valence-electron chi connectivity index (χ4n) is 2.42. The molecule has 1 fully saturated rings. The summed E-state index contributed by atoms with van der Waals surface area (Å²) < 4.78 is 5.09. The number of hydrogen-bond donors (Lipinski definition) is 0. The zero-order valence-corrected chi connectivity index (χ0v) is 11.1. The minimum atomic E-state index is -0.0240. The van der Waals surface area contributed by atoms with E-state index in [1.807, 2.05) is 6.92 Å². The third kappa shape index (κ3) is 3.59. The predicted molar refractivity (Wildman–Crippen MR) is 72.3 cm³/mol. The Bertz CT molecular complexity index is 372. The second-order valence-corrected chi connectivity index (χ2v) is 5.20. The lowest BCUT2D eigenvalue weighted by Gasteiger charge is -2.32. The quantitative estimate of drug-likeness (QED) is 0.541. The van der Waals surface area contributed by atoms with Crippen molar-refractivity contribution in [2.45, 2.75) is 51.6 Å². The lowest BCUT2D eigenvalue weighted by Crippen LogP contribution is -2.42. The Morgan fingerprint density at radius 3 is 2.44 bits per heavy atom. The van der Waals surface area contributed by atoms with Gasteiger partial charge in [0.05, 0.1) is 5.92 Å². The van der Waals surface area contributed by atoms with Crippen LogP contribution in [0.1, 0.15) is 44.6 Å². The van der Waals surface area contributed by atoms with Gasteiger partial charge in [0.15, 0.2) is 0 Å². The number of rotatable bonds is 7. The van der Waals surface area contributed by atoms with Crippen LogP contribution in [0.3, 0.4) is 0 Å². The largest absolute Gasteiger partial charge is 0.461 e. The molecule has 2 heteroatoms. The molecule has 1 heterocycles. The van der Waals surface area contributed by atoms with Gasteiger partial charge in [0.2, 0.25) is 0 Å². The maximum Gasteiger partial charge on any atom is 0.312 e. The molecule has 2 unspecified atom stereocenters. The second kappa shape index (κ2) is 6.58. The van der Waals surface area contributed by atoms with Crippen molar-refractivity contribution in [2.24, 2.45) is 5.92 Å². The van der Waals surface area contributed by atoms with Crippen molar-refractivity contribution < 1.29 is 9.53 Å². The first-order valence-corrected chi connectivity index (χ1v) is 7.02. The van der Waals surface area contributed by atoms with Crippen LogP contribution in [-0.4, -0.2) is 12.1 Å². The molecular formula is C16H22O2. The van der Waals surface area contributed by atoms with E-state index < -0.39 is 0 Å². The Morgan fingerprint density at radius 1 is 1.06 bits per heavy atom. The molecule has 0 aromatic heterocycles. The van der Waals surface area contributed by atoms with E-state index in [1.54, 1.807) is 0 Å². The number of benzene rings is 1. The van der Waals surface area contributed by atoms with Gasteiger partial charge in [-0.25, -0.2) is 0 Å². The molecule has 0 aliphatic carbocycles. The van der Waals surface area contributed by atoms with E-state index in [0.717, 1.165) is 6.42 Å². The molecule has 1 aromatic rings. The standard InChI is InChI=1S/C16H22O2/c1-13-15(18-16(13)17)12-8-3-2-5-9-14-10-6-4-7-11-14/h4,6-7,10-11,13,15H,2-3,5,8-9,12H2,1H3. The van der Waals surface area contributed by atoms with Crippen LogP contribution in [0.5, 0.6) is 0 Å². The van der Waals surface area contributed by atoms with Gasteiger partial charge in [-0.3, -0.25) is 4.79 Å². The third-order valence-corrected chi connectivity index (χ3v) is 3.74. The fourth-order valence-corrected chi connectivity index (χ4v) is 2.42. The molecule has 98 valence electrons. The van der Waals surface area contributed by atoms with Crippen LogP contribution in [0.15, 0.2) is 30.3 Å². The second-order valence-electron chi connectivity index (χ2n) is 5.20. The molecule has 1 aromatic carbocycles. The van der Waals surface area contributed by atoms with E-state index in [2.05, 4.69) is 30.3 Å². The molecule has 0 saturated carbocycles. The summed E-state index contributed by atoms with van der Waals surface area (Å²) in [6, 6.07) is 10.6. The lowest BCUT2D eigenvalue weighted by atomic mass is 9.94. The van der Waals surface area contributed by atoms with Crippen LogP contribution in [0.2, 0.25) is 0 Å². The SMILES string of the molecule is CC1C(=O)OC1CCCCCCc1ccccc1. The molecule has 0 amide bonds. The summed E-state index contributed by atoms with van der Waals surface area (Å²) in [5.41, 5.74) is 1.43. The van der Waals surface area contributed by atoms with Gasteiger partial charge in [-0.15, -0.1) is 0 Å². The molecule has 2 nitrogen and oxygen atoms in total. The summed E-state index contributed by atoms with van der Waals surface area (Å²) in [6.07, 6.45) is 7.36. The number of carbonyl (C=O) groups is 1. The normalized spacial score (nSPS) is 22.4. The molecule has 1 aliphatic heterocycles. The Morgan fingerprint density at radius 2 is 1.78 bits per heavy atom. The zero-order chi connectivity index (χ0) is 12.8. The van der Waals surface area contributed by atoms with Crippen molar-refractivity contribution in [1.82, 2.24) is 0 Å². The summed E-state index contributed by atoms with van der Waals surface area (Å²) in [5.74, 6) is 0.110. The van der Waals surface area contributed by atoms with Crippen molar-refractivity contribution in [3.63, 3.8) is 0 Å². The van der Waals surface area contributed by atoms with Crippen LogP contribution >= 0.6 is 0 Å². The van der Waals surface area contributed by atoms with Crippen molar-refractivity contribution in [3.05, 3.63) is 35.9 Å². The van der Waals surface area contributed by atoms with Crippen LogP contribution in [-0.2, 0) is 16.0 Å². The number of esters is 1. The van der Waals surface area contributed by atoms with Crippen LogP contribution in [0, 0.1) is 5.92 Å². The van der Waals surface area contributed by atoms with Crippen molar-refractivity contribution in [3.8, 4) is 0 Å². The lowest BCUT2D eigenvalue weighted by molar-refractivity contribution is -0.183. The van der Waals surface area contributed by atoms with Crippen LogP contribution in [0.4, 0.5) is 0 Å². The summed E-state index contributed by atoms with van der Waals surface area (Å²) in [6.45, 7) is 1.96. The molecule has 0 spiro atoms. The molecule has 2 atom stereocenters. The Hall–Kier alpha value is -1.31. The molecule has 1 aliphatic rings. The van der Waals surface area contributed by atoms with Gasteiger partial charge in [-0.1, -0.05) is 43.2 Å². The maximum atomic E-state index is 10.9. The van der Waals surface area contributed by atoms with Crippen molar-refractivity contribution in [1.29, 1.82) is 0 Å². The molecule has 2 rings (SSSR count). The summed E-state index contributed by atoms with van der Waals surface area (Å²) in [7, 11) is 0. The van der Waals surface area contributed by atoms with Gasteiger partial charge >= 0.3 is 5.97 Å². The zero-order valence-electron chi connectivity index (χ0n) is 11.1. The van der Waals surface area contributed by atoms with E-state index in [9.17, 15) is 4.79 Å². The molecule has 1 saturated heterocycles. The first kappa shape index (κ1) is 13.1. The summed E-state index contributed by atoms with van der Waals surface area (Å²) in [5, 5.41) is 0. The first-order chi connectivity index (χ1) is 8.77. The van der Waals surface area contributed by atoms with E-state index in [4.69, 9.17) is 4.74 Å². The van der Waals surface area contributed by atoms with E-state index in [-0.39, 0.29) is 18.0 Å². The summed E-state index contributed by atoms with van der Waals surface area (Å²) in [4.78, 5) is 10.9. The first-order valence-electron chi connectivity index (χ1n) is 7.02. The van der Waals surface area contributed by atoms with Gasteiger partial charge in [0.25, 0.3) is 0 Å². The third-order valence-electron chi connectivity index (χ3n) is 3.74. The van der Waals surface area contributed by atoms with Gasteiger partial charge in [0, 0.05) is 0 Å².